The molecule has 1 aromatic heterocycles. The summed E-state index contributed by atoms with van der Waals surface area (Å²) in [6.07, 6.45) is 4.28. The molecule has 2 aromatic rings. The number of allylic oxidation sites excluding steroid dienone is 2. The van der Waals surface area contributed by atoms with Gasteiger partial charge in [-0.25, -0.2) is 13.1 Å². The van der Waals surface area contributed by atoms with E-state index < -0.39 is 21.2 Å². The van der Waals surface area contributed by atoms with Crippen LogP contribution in [0.1, 0.15) is 27.9 Å². The minimum atomic E-state index is -4.12. The van der Waals surface area contributed by atoms with Crippen LogP contribution in [0.15, 0.2) is 34.4 Å². The molecule has 0 saturated carbocycles. The SMILES string of the molecule is Cc1cc(C)c(NC(=O)C2=CC=CC(S(=O)(=O)Nc3onc(C)c3Cl)C2=S)c(C)c1CO. The molecule has 1 unspecified atom stereocenters. The van der Waals surface area contributed by atoms with Crippen LogP contribution in [0.2, 0.25) is 5.02 Å². The highest BCUT2D eigenvalue weighted by Crippen LogP contribution is 2.30. The zero-order valence-corrected chi connectivity index (χ0v) is 20.2. The maximum atomic E-state index is 13.0. The number of anilines is 2. The second-order valence-electron chi connectivity index (χ2n) is 7.41. The number of carbonyl (C=O) groups is 1. The van der Waals surface area contributed by atoms with Gasteiger partial charge in [-0.1, -0.05) is 47.2 Å². The number of aryl methyl sites for hydroxylation is 3. The van der Waals surface area contributed by atoms with Crippen molar-refractivity contribution in [2.45, 2.75) is 39.6 Å². The van der Waals surface area contributed by atoms with Gasteiger partial charge in [-0.2, -0.15) is 0 Å². The molecule has 0 spiro atoms. The lowest BCUT2D eigenvalue weighted by molar-refractivity contribution is -0.112. The Kier molecular flexibility index (Phi) is 6.89. The third-order valence-electron chi connectivity index (χ3n) is 5.21. The average molecular weight is 496 g/mol. The maximum absolute atomic E-state index is 13.0. The number of halogens is 1. The Morgan fingerprint density at radius 2 is 1.97 bits per heavy atom. The Bertz CT molecular complexity index is 1280. The van der Waals surface area contributed by atoms with Crippen LogP contribution in [0.25, 0.3) is 0 Å². The van der Waals surface area contributed by atoms with Crippen LogP contribution in [0.5, 0.6) is 0 Å². The van der Waals surface area contributed by atoms with Crippen LogP contribution in [0, 0.1) is 27.7 Å². The highest BCUT2D eigenvalue weighted by atomic mass is 35.5. The first-order valence-corrected chi connectivity index (χ1v) is 11.9. The Morgan fingerprint density at radius 3 is 2.56 bits per heavy atom. The van der Waals surface area contributed by atoms with Crippen LogP contribution in [-0.4, -0.2) is 34.7 Å². The average Bonchev–Trinajstić information content (AvgIpc) is 3.02. The molecule has 1 aromatic carbocycles. The Hall–Kier alpha value is -2.53. The van der Waals surface area contributed by atoms with E-state index in [2.05, 4.69) is 15.2 Å². The monoisotopic (exact) mass is 495 g/mol. The largest absolute Gasteiger partial charge is 0.392 e. The summed E-state index contributed by atoms with van der Waals surface area (Å²) in [5, 5.41) is 14.8. The number of amides is 1. The molecule has 0 radical (unpaired) electrons. The maximum Gasteiger partial charge on any atom is 0.257 e. The molecule has 32 heavy (non-hydrogen) atoms. The number of sulfonamides is 1. The summed E-state index contributed by atoms with van der Waals surface area (Å²) < 4.78 is 33.0. The van der Waals surface area contributed by atoms with Gasteiger partial charge < -0.3 is 14.9 Å². The number of rotatable bonds is 6. The normalized spacial score (nSPS) is 16.1. The molecule has 8 nitrogen and oxygen atoms in total. The fraction of sp³-hybridized carbons (Fsp3) is 0.286. The summed E-state index contributed by atoms with van der Waals surface area (Å²) in [7, 11) is -4.12. The van der Waals surface area contributed by atoms with E-state index in [1.807, 2.05) is 19.9 Å². The first kappa shape index (κ1) is 24.1. The number of aliphatic hydroxyl groups excluding tert-OH is 1. The molecule has 0 saturated heterocycles. The van der Waals surface area contributed by atoms with Crippen LogP contribution < -0.4 is 10.0 Å². The smallest absolute Gasteiger partial charge is 0.257 e. The lowest BCUT2D eigenvalue weighted by Gasteiger charge is -2.22. The van der Waals surface area contributed by atoms with Gasteiger partial charge in [-0.3, -0.25) is 4.79 Å². The van der Waals surface area contributed by atoms with E-state index in [1.165, 1.54) is 18.2 Å². The predicted molar refractivity (Wildman–Crippen MR) is 128 cm³/mol. The van der Waals surface area contributed by atoms with Crippen molar-refractivity contribution in [2.75, 3.05) is 10.0 Å². The number of carbonyl (C=O) groups excluding carboxylic acids is 1. The fourth-order valence-electron chi connectivity index (χ4n) is 3.47. The minimum Gasteiger partial charge on any atom is -0.392 e. The molecule has 3 rings (SSSR count). The zero-order valence-electron chi connectivity index (χ0n) is 17.8. The lowest BCUT2D eigenvalue weighted by Crippen LogP contribution is -2.37. The lowest BCUT2D eigenvalue weighted by atomic mass is 9.97. The third-order valence-corrected chi connectivity index (χ3v) is 7.80. The number of nitrogens with one attached hydrogen (secondary N) is 2. The standard InChI is InChI=1S/C21H22ClN3O5S2/c1-10-8-11(2)18(12(3)15(10)9-26)23-20(27)14-6-5-7-16(19(14)31)32(28,29)25-21-17(22)13(4)24-30-21/h5-8,16,25-26H,9H2,1-4H3,(H,23,27). The van der Waals surface area contributed by atoms with Crippen molar-refractivity contribution in [3.63, 3.8) is 0 Å². The van der Waals surface area contributed by atoms with E-state index in [0.29, 0.717) is 11.4 Å². The molecule has 0 aliphatic heterocycles. The fourth-order valence-corrected chi connectivity index (χ4v) is 5.49. The zero-order chi connectivity index (χ0) is 23.8. The number of hydrogen-bond acceptors (Lipinski definition) is 7. The molecule has 0 fully saturated rings. The minimum absolute atomic E-state index is 0.0396. The van der Waals surface area contributed by atoms with Gasteiger partial charge in [0.05, 0.1) is 17.0 Å². The third kappa shape index (κ3) is 4.49. The van der Waals surface area contributed by atoms with E-state index >= 15 is 0 Å². The second kappa shape index (κ2) is 9.14. The predicted octanol–water partition coefficient (Wildman–Crippen LogP) is 3.67. The topological polar surface area (TPSA) is 122 Å². The Morgan fingerprint density at radius 1 is 1.28 bits per heavy atom. The molecule has 3 N–H and O–H groups in total. The van der Waals surface area contributed by atoms with Gasteiger partial charge in [-0.05, 0) is 56.0 Å². The highest BCUT2D eigenvalue weighted by molar-refractivity contribution is 7.96. The van der Waals surface area contributed by atoms with E-state index in [4.69, 9.17) is 28.3 Å². The molecule has 1 aliphatic carbocycles. The van der Waals surface area contributed by atoms with Crippen molar-refractivity contribution >= 4 is 56.2 Å². The Labute approximate surface area is 196 Å². The van der Waals surface area contributed by atoms with Gasteiger partial charge in [0, 0.05) is 5.69 Å². The van der Waals surface area contributed by atoms with Crippen LogP contribution in [-0.2, 0) is 21.4 Å². The Balaban J connectivity index is 1.86. The van der Waals surface area contributed by atoms with Crippen molar-refractivity contribution in [3.05, 3.63) is 62.8 Å². The summed E-state index contributed by atoms with van der Waals surface area (Å²) in [5.74, 6) is -0.768. The summed E-state index contributed by atoms with van der Waals surface area (Å²) in [4.78, 5) is 13.0. The van der Waals surface area contributed by atoms with Gasteiger partial charge in [0.25, 0.3) is 11.8 Å². The number of nitrogens with zero attached hydrogens (tertiary/aromatic N) is 1. The molecule has 1 amide bonds. The van der Waals surface area contributed by atoms with Crippen molar-refractivity contribution < 1.29 is 22.8 Å². The molecule has 1 atom stereocenters. The highest BCUT2D eigenvalue weighted by Gasteiger charge is 2.34. The second-order valence-corrected chi connectivity index (χ2v) is 10.0. The van der Waals surface area contributed by atoms with E-state index in [-0.39, 0.29) is 28.0 Å². The van der Waals surface area contributed by atoms with Gasteiger partial charge in [0.2, 0.25) is 10.0 Å². The van der Waals surface area contributed by atoms with Gasteiger partial charge in [0.1, 0.15) is 16.0 Å². The summed E-state index contributed by atoms with van der Waals surface area (Å²) >= 11 is 11.4. The molecule has 170 valence electrons. The van der Waals surface area contributed by atoms with E-state index in [1.54, 1.807) is 13.8 Å². The molecular formula is C21H22ClN3O5S2. The molecule has 0 bridgehead atoms. The van der Waals surface area contributed by atoms with Crippen molar-refractivity contribution in [1.29, 1.82) is 0 Å². The molecule has 11 heteroatoms. The van der Waals surface area contributed by atoms with Crippen LogP contribution in [0.4, 0.5) is 11.6 Å². The van der Waals surface area contributed by atoms with Crippen LogP contribution in [0.3, 0.4) is 0 Å². The number of benzene rings is 1. The summed E-state index contributed by atoms with van der Waals surface area (Å²) in [5.41, 5.74) is 4.09. The summed E-state index contributed by atoms with van der Waals surface area (Å²) in [6.45, 7) is 6.92. The number of aliphatic hydroxyl groups is 1. The number of aromatic nitrogens is 1. The number of thiocarbonyl (C=S) groups is 1. The molecule has 1 aliphatic rings. The first-order valence-electron chi connectivity index (χ1n) is 9.56. The van der Waals surface area contributed by atoms with Crippen molar-refractivity contribution in [2.24, 2.45) is 0 Å². The molecule has 1 heterocycles. The van der Waals surface area contributed by atoms with Crippen LogP contribution >= 0.6 is 23.8 Å². The quantitative estimate of drug-likeness (QED) is 0.522. The number of hydrogen-bond donors (Lipinski definition) is 3. The van der Waals surface area contributed by atoms with Gasteiger partial charge in [-0.15, -0.1) is 0 Å². The molecular weight excluding hydrogens is 474 g/mol. The van der Waals surface area contributed by atoms with Gasteiger partial charge >= 0.3 is 0 Å². The van der Waals surface area contributed by atoms with E-state index in [0.717, 1.165) is 22.3 Å². The van der Waals surface area contributed by atoms with Crippen molar-refractivity contribution in [3.8, 4) is 0 Å². The van der Waals surface area contributed by atoms with E-state index in [9.17, 15) is 18.3 Å². The van der Waals surface area contributed by atoms with Gasteiger partial charge in [0.15, 0.2) is 0 Å². The first-order chi connectivity index (χ1) is 15.0. The summed E-state index contributed by atoms with van der Waals surface area (Å²) in [6, 6.07) is 1.86. The van der Waals surface area contributed by atoms with Crippen molar-refractivity contribution in [1.82, 2.24) is 5.16 Å².